The molecule has 0 fully saturated rings. The average Bonchev–Trinajstić information content (AvgIpc) is 3.21. The van der Waals surface area contributed by atoms with Crippen LogP contribution < -0.4 is 10.5 Å². The molecule has 0 unspecified atom stereocenters. The molecule has 6 nitrogen and oxygen atoms in total. The molecule has 3 aromatic rings. The molecule has 33 heavy (non-hydrogen) atoms. The fourth-order valence-corrected chi connectivity index (χ4v) is 4.37. The highest BCUT2D eigenvalue weighted by molar-refractivity contribution is 9.10. The monoisotopic (exact) mass is 508 g/mol. The van der Waals surface area contributed by atoms with Gasteiger partial charge in [-0.15, -0.1) is 0 Å². The maximum Gasteiger partial charge on any atom is 0.250 e. The summed E-state index contributed by atoms with van der Waals surface area (Å²) in [5.41, 5.74) is 7.16. The van der Waals surface area contributed by atoms with Gasteiger partial charge in [-0.1, -0.05) is 64.5 Å². The van der Waals surface area contributed by atoms with Crippen molar-refractivity contribution >= 4 is 27.7 Å². The van der Waals surface area contributed by atoms with Gasteiger partial charge in [-0.05, 0) is 35.9 Å². The molecule has 0 saturated carbocycles. The van der Waals surface area contributed by atoms with E-state index in [1.165, 1.54) is 0 Å². The number of carbonyl (C=O) groups excluding carboxylic acids is 1. The second-order valence-electron chi connectivity index (χ2n) is 7.84. The Labute approximate surface area is 201 Å². The molecule has 4 rings (SSSR count). The number of hydrogen-bond donors (Lipinski definition) is 2. The van der Waals surface area contributed by atoms with E-state index < -0.39 is 17.6 Å². The van der Waals surface area contributed by atoms with Gasteiger partial charge in [0, 0.05) is 35.0 Å². The fourth-order valence-electron chi connectivity index (χ4n) is 3.88. The maximum atomic E-state index is 13.0. The fraction of sp³-hybridized carbons (Fsp3) is 0.231. The first-order chi connectivity index (χ1) is 16.0. The minimum Gasteiger partial charge on any atom is -0.494 e. The van der Waals surface area contributed by atoms with Crippen LogP contribution in [0.15, 0.2) is 88.3 Å². The molecule has 7 heteroatoms. The second kappa shape index (κ2) is 10.2. The molecule has 0 radical (unpaired) electrons. The molecular weight excluding hydrogens is 484 g/mol. The number of aliphatic hydroxyl groups excluding tert-OH is 1. The Hall–Kier alpha value is -3.16. The zero-order valence-corrected chi connectivity index (χ0v) is 19.6. The first-order valence-corrected chi connectivity index (χ1v) is 11.5. The third-order valence-electron chi connectivity index (χ3n) is 5.57. The molecule has 0 aromatic heterocycles. The summed E-state index contributed by atoms with van der Waals surface area (Å²) in [7, 11) is 0. The smallest absolute Gasteiger partial charge is 0.250 e. The number of aliphatic hydroxyl groups is 1. The molecule has 3 aromatic carbocycles. The minimum absolute atomic E-state index is 0.0791. The van der Waals surface area contributed by atoms with Crippen molar-refractivity contribution in [2.75, 3.05) is 13.2 Å². The van der Waals surface area contributed by atoms with E-state index in [1.54, 1.807) is 0 Å². The number of aliphatic imine (C=N–C) groups is 1. The molecule has 3 N–H and O–H groups in total. The molecule has 0 bridgehead atoms. The summed E-state index contributed by atoms with van der Waals surface area (Å²) >= 11 is 3.59. The average molecular weight is 509 g/mol. The number of benzene rings is 3. The van der Waals surface area contributed by atoms with Crippen LogP contribution in [0, 0.1) is 0 Å². The summed E-state index contributed by atoms with van der Waals surface area (Å²) in [5, 5.41) is 8.92. The lowest BCUT2D eigenvalue weighted by molar-refractivity contribution is -0.125. The van der Waals surface area contributed by atoms with Gasteiger partial charge in [0.25, 0.3) is 0 Å². The van der Waals surface area contributed by atoms with Gasteiger partial charge in [0.1, 0.15) is 5.75 Å². The van der Waals surface area contributed by atoms with Gasteiger partial charge in [-0.25, -0.2) is 4.99 Å². The van der Waals surface area contributed by atoms with Crippen LogP contribution in [0.2, 0.25) is 0 Å². The van der Waals surface area contributed by atoms with Crippen molar-refractivity contribution < 1.29 is 19.4 Å². The summed E-state index contributed by atoms with van der Waals surface area (Å²) < 4.78 is 12.8. The first kappa shape index (κ1) is 23.0. The molecule has 1 amide bonds. The Morgan fingerprint density at radius 2 is 1.76 bits per heavy atom. The van der Waals surface area contributed by atoms with Crippen molar-refractivity contribution in [1.29, 1.82) is 0 Å². The summed E-state index contributed by atoms with van der Waals surface area (Å²) in [4.78, 5) is 17.8. The van der Waals surface area contributed by atoms with Gasteiger partial charge in [-0.3, -0.25) is 4.79 Å². The van der Waals surface area contributed by atoms with E-state index in [0.717, 1.165) is 21.2 Å². The Morgan fingerprint density at radius 3 is 2.42 bits per heavy atom. The van der Waals surface area contributed by atoms with Crippen molar-refractivity contribution in [2.24, 2.45) is 10.7 Å². The minimum atomic E-state index is -1.31. The van der Waals surface area contributed by atoms with Gasteiger partial charge in [0.2, 0.25) is 11.8 Å². The number of nitrogens with zero attached hydrogens (tertiary/aromatic N) is 1. The zero-order valence-electron chi connectivity index (χ0n) is 18.0. The number of carbonyl (C=O) groups is 1. The summed E-state index contributed by atoms with van der Waals surface area (Å²) in [6, 6.07) is 24.6. The molecule has 1 aliphatic heterocycles. The van der Waals surface area contributed by atoms with Gasteiger partial charge in [0.15, 0.2) is 11.6 Å². The topological polar surface area (TPSA) is 94.1 Å². The van der Waals surface area contributed by atoms with Crippen LogP contribution in [0.25, 0.3) is 0 Å². The molecule has 0 spiro atoms. The Kier molecular flexibility index (Phi) is 7.11. The second-order valence-corrected chi connectivity index (χ2v) is 8.69. The first-order valence-electron chi connectivity index (χ1n) is 10.7. The SMILES string of the molecule is NC(=O)[C@]1(Cc2ccccc2)N=C(c2ccc(OCCCO)cc2)O[C@@H]1c1ccccc1Br. The van der Waals surface area contributed by atoms with E-state index in [0.29, 0.717) is 31.1 Å². The third-order valence-corrected chi connectivity index (χ3v) is 6.29. The van der Waals surface area contributed by atoms with E-state index in [9.17, 15) is 4.79 Å². The van der Waals surface area contributed by atoms with Crippen LogP contribution in [0.4, 0.5) is 0 Å². The predicted molar refractivity (Wildman–Crippen MR) is 130 cm³/mol. The van der Waals surface area contributed by atoms with Gasteiger partial charge >= 0.3 is 0 Å². The number of nitrogens with two attached hydrogens (primary N) is 1. The number of primary amides is 1. The van der Waals surface area contributed by atoms with Crippen LogP contribution in [0.1, 0.15) is 29.2 Å². The molecule has 170 valence electrons. The van der Waals surface area contributed by atoms with Crippen LogP contribution in [0.3, 0.4) is 0 Å². The van der Waals surface area contributed by atoms with Gasteiger partial charge < -0.3 is 20.3 Å². The van der Waals surface area contributed by atoms with Gasteiger partial charge in [0.05, 0.1) is 6.61 Å². The normalized spacial score (nSPS) is 19.6. The quantitative estimate of drug-likeness (QED) is 0.423. The van der Waals surface area contributed by atoms with Crippen LogP contribution >= 0.6 is 15.9 Å². The molecule has 2 atom stereocenters. The Morgan fingerprint density at radius 1 is 1.06 bits per heavy atom. The number of rotatable bonds is 9. The third kappa shape index (κ3) is 4.94. The molecular formula is C26H25BrN2O4. The number of ether oxygens (including phenoxy) is 2. The Balaban J connectivity index is 1.73. The lowest BCUT2D eigenvalue weighted by Gasteiger charge is -2.29. The number of amides is 1. The van der Waals surface area contributed by atoms with Crippen molar-refractivity contribution in [3.05, 3.63) is 100 Å². The largest absolute Gasteiger partial charge is 0.494 e. The Bertz CT molecular complexity index is 1130. The molecule has 0 saturated heterocycles. The standard InChI is InChI=1S/C26H25BrN2O4/c27-22-10-5-4-9-21(22)23-26(25(28)31,17-18-7-2-1-3-8-18)29-24(33-23)19-11-13-20(14-12-19)32-16-6-15-30/h1-5,7-14,23,30H,6,15-17H2,(H2,28,31)/t23-,26-/m1/s1. The van der Waals surface area contributed by atoms with Crippen molar-refractivity contribution in [2.45, 2.75) is 24.5 Å². The maximum absolute atomic E-state index is 13.0. The number of hydrogen-bond acceptors (Lipinski definition) is 5. The summed E-state index contributed by atoms with van der Waals surface area (Å²) in [6.45, 7) is 0.509. The van der Waals surface area contributed by atoms with Crippen LogP contribution in [0.5, 0.6) is 5.75 Å². The van der Waals surface area contributed by atoms with Crippen molar-refractivity contribution in [1.82, 2.24) is 0 Å². The van der Waals surface area contributed by atoms with E-state index in [4.69, 9.17) is 25.3 Å². The highest BCUT2D eigenvalue weighted by Crippen LogP contribution is 2.44. The molecule has 1 heterocycles. The van der Waals surface area contributed by atoms with E-state index in [-0.39, 0.29) is 6.61 Å². The lowest BCUT2D eigenvalue weighted by atomic mass is 9.82. The van der Waals surface area contributed by atoms with Gasteiger partial charge in [-0.2, -0.15) is 0 Å². The summed E-state index contributed by atoms with van der Waals surface area (Å²) in [5.74, 6) is 0.483. The van der Waals surface area contributed by atoms with Crippen molar-refractivity contribution in [3.8, 4) is 5.75 Å². The number of halogens is 1. The van der Waals surface area contributed by atoms with Crippen molar-refractivity contribution in [3.63, 3.8) is 0 Å². The highest BCUT2D eigenvalue weighted by atomic mass is 79.9. The highest BCUT2D eigenvalue weighted by Gasteiger charge is 2.52. The van der Waals surface area contributed by atoms with E-state index in [2.05, 4.69) is 15.9 Å². The zero-order chi connectivity index (χ0) is 23.3. The molecule has 1 aliphatic rings. The van der Waals surface area contributed by atoms with E-state index in [1.807, 2.05) is 78.9 Å². The predicted octanol–water partition coefficient (Wildman–Crippen LogP) is 4.20. The van der Waals surface area contributed by atoms with E-state index >= 15 is 0 Å². The summed E-state index contributed by atoms with van der Waals surface area (Å²) in [6.07, 6.45) is 0.175. The van der Waals surface area contributed by atoms with Crippen LogP contribution in [-0.4, -0.2) is 35.7 Å². The lowest BCUT2D eigenvalue weighted by Crippen LogP contribution is -2.47. The van der Waals surface area contributed by atoms with Crippen LogP contribution in [-0.2, 0) is 16.0 Å². The molecule has 0 aliphatic carbocycles.